The van der Waals surface area contributed by atoms with Gasteiger partial charge in [-0.05, 0) is 90.8 Å². The van der Waals surface area contributed by atoms with E-state index < -0.39 is 0 Å². The molecule has 11 heteroatoms. The lowest BCUT2D eigenvalue weighted by Crippen LogP contribution is -2.01. The van der Waals surface area contributed by atoms with Gasteiger partial charge in [0.15, 0.2) is 0 Å². The van der Waals surface area contributed by atoms with Crippen LogP contribution in [0.1, 0.15) is 28.2 Å². The maximum atomic E-state index is 6.09. The van der Waals surface area contributed by atoms with Crippen molar-refractivity contribution < 1.29 is 4.74 Å². The molecule has 250 valence electrons. The number of hydrogen-bond acceptors (Lipinski definition) is 9. The minimum Gasteiger partial charge on any atom is -0.489 e. The molecule has 0 aliphatic carbocycles. The number of nitrogens with zero attached hydrogens (tertiary/aromatic N) is 6. The number of fused-ring (bicyclic) bond motifs is 2. The first kappa shape index (κ1) is 31.9. The third-order valence-electron chi connectivity index (χ3n) is 8.70. The standard InChI is InChI=1S/C40H32ClN9O/c1-24-15-35(37(22-44-24)49-39-32-10-8-31(18-27(32)12-14-43-39)51-23-28-19-47-50-25(28)2)36-21-46-40(48-30-7-11-38(41)45-20-30)33-9-6-26(17-34(33)36)16-29-5-3-4-13-42-29/h3-15,17-22H,16,23H2,1-2H3,(H,43,49)(H,46,48)(H,47,50). The van der Waals surface area contributed by atoms with Gasteiger partial charge in [-0.3, -0.25) is 15.1 Å². The zero-order chi connectivity index (χ0) is 34.7. The molecule has 8 aromatic rings. The van der Waals surface area contributed by atoms with Crippen molar-refractivity contribution in [2.24, 2.45) is 0 Å². The Morgan fingerprint density at radius 3 is 2.43 bits per heavy atom. The molecule has 6 heterocycles. The predicted octanol–water partition coefficient (Wildman–Crippen LogP) is 9.29. The number of aromatic nitrogens is 7. The lowest BCUT2D eigenvalue weighted by molar-refractivity contribution is 0.306. The number of H-pyrrole nitrogens is 1. The highest BCUT2D eigenvalue weighted by atomic mass is 35.5. The molecule has 0 unspecified atom stereocenters. The highest BCUT2D eigenvalue weighted by Crippen LogP contribution is 2.39. The average Bonchev–Trinajstić information content (AvgIpc) is 3.57. The second-order valence-electron chi connectivity index (χ2n) is 12.2. The minimum absolute atomic E-state index is 0.427. The monoisotopic (exact) mass is 689 g/mol. The SMILES string of the molecule is Cc1cc(-c2cnc(Nc3ccc(Cl)nc3)c3ccc(Cc4ccccn4)cc23)c(Nc2nccc3cc(OCc4cn[nH]c4C)ccc23)cn1. The number of benzene rings is 2. The number of aryl methyl sites for hydroxylation is 2. The van der Waals surface area contributed by atoms with E-state index in [1.165, 1.54) is 0 Å². The molecule has 0 bridgehead atoms. The van der Waals surface area contributed by atoms with Crippen molar-refractivity contribution >= 4 is 56.2 Å². The van der Waals surface area contributed by atoms with E-state index in [4.69, 9.17) is 26.3 Å². The first-order valence-electron chi connectivity index (χ1n) is 16.4. The van der Waals surface area contributed by atoms with Gasteiger partial charge in [0.05, 0.1) is 30.0 Å². The van der Waals surface area contributed by atoms with Crippen molar-refractivity contribution in [2.45, 2.75) is 26.9 Å². The molecule has 0 saturated carbocycles. The summed E-state index contributed by atoms with van der Waals surface area (Å²) in [6.45, 7) is 4.40. The molecule has 0 spiro atoms. The van der Waals surface area contributed by atoms with Crippen LogP contribution in [-0.4, -0.2) is 35.1 Å². The molecule has 3 N–H and O–H groups in total. The van der Waals surface area contributed by atoms with Gasteiger partial charge in [0.1, 0.15) is 29.1 Å². The smallest absolute Gasteiger partial charge is 0.138 e. The van der Waals surface area contributed by atoms with Crippen molar-refractivity contribution in [2.75, 3.05) is 10.6 Å². The van der Waals surface area contributed by atoms with Crippen LogP contribution in [0.15, 0.2) is 116 Å². The second kappa shape index (κ2) is 13.9. The topological polar surface area (TPSA) is 126 Å². The fourth-order valence-electron chi connectivity index (χ4n) is 6.05. The van der Waals surface area contributed by atoms with Crippen LogP contribution < -0.4 is 15.4 Å². The maximum absolute atomic E-state index is 6.09. The molecular weight excluding hydrogens is 658 g/mol. The number of ether oxygens (including phenoxy) is 1. The molecular formula is C40H32ClN9O. The van der Waals surface area contributed by atoms with Crippen LogP contribution in [0.25, 0.3) is 32.7 Å². The van der Waals surface area contributed by atoms with Crippen LogP contribution in [0.2, 0.25) is 5.15 Å². The van der Waals surface area contributed by atoms with Crippen molar-refractivity contribution in [1.29, 1.82) is 0 Å². The van der Waals surface area contributed by atoms with Gasteiger partial charge in [-0.15, -0.1) is 0 Å². The summed E-state index contributed by atoms with van der Waals surface area (Å²) >= 11 is 6.06. The Morgan fingerprint density at radius 2 is 1.61 bits per heavy atom. The van der Waals surface area contributed by atoms with Crippen LogP contribution in [0.3, 0.4) is 0 Å². The van der Waals surface area contributed by atoms with Gasteiger partial charge in [0.25, 0.3) is 0 Å². The normalized spacial score (nSPS) is 11.2. The van der Waals surface area contributed by atoms with E-state index in [-0.39, 0.29) is 0 Å². The summed E-state index contributed by atoms with van der Waals surface area (Å²) < 4.78 is 6.09. The number of nitrogens with one attached hydrogen (secondary N) is 3. The molecule has 0 atom stereocenters. The third-order valence-corrected chi connectivity index (χ3v) is 8.93. The first-order chi connectivity index (χ1) is 25.0. The van der Waals surface area contributed by atoms with E-state index >= 15 is 0 Å². The van der Waals surface area contributed by atoms with Crippen LogP contribution >= 0.6 is 11.6 Å². The molecule has 6 aromatic heterocycles. The quantitative estimate of drug-likeness (QED) is 0.120. The van der Waals surface area contributed by atoms with Gasteiger partial charge in [0, 0.05) is 69.6 Å². The molecule has 8 rings (SSSR count). The number of aromatic amines is 1. The largest absolute Gasteiger partial charge is 0.489 e. The van der Waals surface area contributed by atoms with Gasteiger partial charge in [-0.25, -0.2) is 15.0 Å². The highest BCUT2D eigenvalue weighted by Gasteiger charge is 2.17. The van der Waals surface area contributed by atoms with Gasteiger partial charge < -0.3 is 15.4 Å². The first-order valence-corrected chi connectivity index (χ1v) is 16.8. The maximum Gasteiger partial charge on any atom is 0.138 e. The molecule has 0 fully saturated rings. The van der Waals surface area contributed by atoms with Gasteiger partial charge in [0.2, 0.25) is 0 Å². The lowest BCUT2D eigenvalue weighted by Gasteiger charge is -2.17. The van der Waals surface area contributed by atoms with Gasteiger partial charge in [-0.2, -0.15) is 5.10 Å². The highest BCUT2D eigenvalue weighted by molar-refractivity contribution is 6.29. The lowest BCUT2D eigenvalue weighted by atomic mass is 9.96. The summed E-state index contributed by atoms with van der Waals surface area (Å²) in [7, 11) is 0. The van der Waals surface area contributed by atoms with Crippen molar-refractivity contribution in [3.63, 3.8) is 0 Å². The summed E-state index contributed by atoms with van der Waals surface area (Å²) in [5.74, 6) is 2.18. The van der Waals surface area contributed by atoms with Crippen molar-refractivity contribution in [3.8, 4) is 16.9 Å². The van der Waals surface area contributed by atoms with Crippen molar-refractivity contribution in [3.05, 3.63) is 149 Å². The molecule has 0 radical (unpaired) electrons. The second-order valence-corrected chi connectivity index (χ2v) is 12.6. The molecule has 0 saturated heterocycles. The van der Waals surface area contributed by atoms with Crippen molar-refractivity contribution in [1.82, 2.24) is 35.1 Å². The zero-order valence-corrected chi connectivity index (χ0v) is 28.6. The fourth-order valence-corrected chi connectivity index (χ4v) is 6.16. The van der Waals surface area contributed by atoms with Gasteiger partial charge in [-0.1, -0.05) is 29.8 Å². The number of anilines is 4. The molecule has 0 aliphatic heterocycles. The number of halogens is 1. The molecule has 2 aromatic carbocycles. The number of pyridine rings is 5. The van der Waals surface area contributed by atoms with Crippen LogP contribution in [0.5, 0.6) is 5.75 Å². The van der Waals surface area contributed by atoms with E-state index in [0.717, 1.165) is 78.0 Å². The summed E-state index contributed by atoms with van der Waals surface area (Å²) in [5.41, 5.74) is 8.50. The molecule has 0 amide bonds. The summed E-state index contributed by atoms with van der Waals surface area (Å²) in [4.78, 5) is 23.1. The van der Waals surface area contributed by atoms with E-state index in [2.05, 4.69) is 60.0 Å². The third kappa shape index (κ3) is 6.90. The summed E-state index contributed by atoms with van der Waals surface area (Å²) in [6.07, 6.45) is 11.5. The Kier molecular flexibility index (Phi) is 8.65. The zero-order valence-electron chi connectivity index (χ0n) is 27.9. The predicted molar refractivity (Wildman–Crippen MR) is 202 cm³/mol. The Labute approximate surface area is 299 Å². The summed E-state index contributed by atoms with van der Waals surface area (Å²) in [6, 6.07) is 26.1. The van der Waals surface area contributed by atoms with Crippen LogP contribution in [-0.2, 0) is 13.0 Å². The van der Waals surface area contributed by atoms with E-state index in [0.29, 0.717) is 29.8 Å². The summed E-state index contributed by atoms with van der Waals surface area (Å²) in [5, 5.41) is 18.4. The fraction of sp³-hybridized carbons (Fsp3) is 0.100. The molecule has 0 aliphatic rings. The molecule has 51 heavy (non-hydrogen) atoms. The molecule has 10 nitrogen and oxygen atoms in total. The minimum atomic E-state index is 0.427. The van der Waals surface area contributed by atoms with E-state index in [1.54, 1.807) is 24.7 Å². The Hall–Kier alpha value is -6.39. The van der Waals surface area contributed by atoms with Crippen LogP contribution in [0.4, 0.5) is 23.0 Å². The van der Waals surface area contributed by atoms with E-state index in [9.17, 15) is 0 Å². The Bertz CT molecular complexity index is 2500. The van der Waals surface area contributed by atoms with Crippen LogP contribution in [0, 0.1) is 13.8 Å². The Balaban J connectivity index is 1.18. The van der Waals surface area contributed by atoms with Gasteiger partial charge >= 0.3 is 0 Å². The average molecular weight is 690 g/mol. The van der Waals surface area contributed by atoms with E-state index in [1.807, 2.05) is 81.0 Å². The number of hydrogen-bond donors (Lipinski definition) is 3. The Morgan fingerprint density at radius 1 is 0.706 bits per heavy atom. The number of rotatable bonds is 10.